The molecule has 1 heterocycles. The van der Waals surface area contributed by atoms with Crippen LogP contribution in [0.5, 0.6) is 0 Å². The van der Waals surface area contributed by atoms with Crippen molar-refractivity contribution < 1.29 is 9.18 Å². The lowest BCUT2D eigenvalue weighted by atomic mass is 10.1. The summed E-state index contributed by atoms with van der Waals surface area (Å²) in [5.74, 6) is -0.143. The van der Waals surface area contributed by atoms with Gasteiger partial charge in [0.25, 0.3) is 5.91 Å². The Morgan fingerprint density at radius 1 is 1.03 bits per heavy atom. The van der Waals surface area contributed by atoms with Crippen molar-refractivity contribution in [2.24, 2.45) is 0 Å². The summed E-state index contributed by atoms with van der Waals surface area (Å²) in [6.45, 7) is 4.19. The second-order valence-corrected chi connectivity index (χ2v) is 7.21. The van der Waals surface area contributed by atoms with Crippen LogP contribution < -0.4 is 10.2 Å². The molecule has 0 aliphatic carbocycles. The van der Waals surface area contributed by atoms with E-state index in [1.807, 2.05) is 56.3 Å². The average Bonchev–Trinajstić information content (AvgIpc) is 2.81. The Morgan fingerprint density at radius 3 is 2.55 bits per heavy atom. The van der Waals surface area contributed by atoms with Crippen molar-refractivity contribution in [2.75, 3.05) is 16.8 Å². The molecule has 3 aromatic carbocycles. The molecule has 0 aliphatic rings. The smallest absolute Gasteiger partial charge is 0.262 e. The first-order chi connectivity index (χ1) is 15.1. The fourth-order valence-electron chi connectivity index (χ4n) is 3.54. The summed E-state index contributed by atoms with van der Waals surface area (Å²) in [6.07, 6.45) is 1.59. The number of hydrogen-bond acceptors (Lipinski definition) is 4. The molecule has 156 valence electrons. The zero-order chi connectivity index (χ0) is 21.8. The van der Waals surface area contributed by atoms with E-state index in [9.17, 15) is 4.79 Å². The van der Waals surface area contributed by atoms with Crippen molar-refractivity contribution in [1.82, 2.24) is 9.97 Å². The lowest BCUT2D eigenvalue weighted by molar-refractivity contribution is 0.0984. The van der Waals surface area contributed by atoms with Crippen molar-refractivity contribution in [3.05, 3.63) is 95.9 Å². The zero-order valence-electron chi connectivity index (χ0n) is 17.4. The number of benzene rings is 3. The van der Waals surface area contributed by atoms with Gasteiger partial charge < -0.3 is 5.32 Å². The highest BCUT2D eigenvalue weighted by atomic mass is 19.1. The first-order valence-corrected chi connectivity index (χ1v) is 10.2. The van der Waals surface area contributed by atoms with Crippen LogP contribution in [0.2, 0.25) is 0 Å². The highest BCUT2D eigenvalue weighted by Gasteiger charge is 2.22. The Balaban J connectivity index is 1.61. The van der Waals surface area contributed by atoms with Crippen LogP contribution in [0.15, 0.2) is 79.0 Å². The lowest BCUT2D eigenvalue weighted by Gasteiger charge is -2.22. The Morgan fingerprint density at radius 2 is 1.77 bits per heavy atom. The SMILES string of the molecule is CCN(C(=O)c1ccc2ccccc2c1F)c1ccnc(N[C@@H](C)c2ccccc2)n1. The van der Waals surface area contributed by atoms with Crippen molar-refractivity contribution in [3.63, 3.8) is 0 Å². The molecular weight excluding hydrogens is 391 g/mol. The summed E-state index contributed by atoms with van der Waals surface area (Å²) < 4.78 is 15.1. The minimum atomic E-state index is -0.522. The predicted molar refractivity (Wildman–Crippen MR) is 122 cm³/mol. The van der Waals surface area contributed by atoms with Crippen molar-refractivity contribution in [3.8, 4) is 0 Å². The summed E-state index contributed by atoms with van der Waals surface area (Å²) in [5, 5.41) is 4.43. The third-order valence-electron chi connectivity index (χ3n) is 5.22. The molecule has 1 atom stereocenters. The van der Waals surface area contributed by atoms with Gasteiger partial charge in [-0.2, -0.15) is 4.98 Å². The second-order valence-electron chi connectivity index (χ2n) is 7.21. The van der Waals surface area contributed by atoms with Gasteiger partial charge in [0.2, 0.25) is 5.95 Å². The van der Waals surface area contributed by atoms with Crippen LogP contribution in [0, 0.1) is 5.82 Å². The molecule has 1 aromatic heterocycles. The fourth-order valence-corrected chi connectivity index (χ4v) is 3.54. The van der Waals surface area contributed by atoms with Gasteiger partial charge in [0.1, 0.15) is 11.6 Å². The summed E-state index contributed by atoms with van der Waals surface area (Å²) in [5.41, 5.74) is 1.12. The molecule has 0 bridgehead atoms. The Kier molecular flexibility index (Phi) is 5.89. The molecule has 4 rings (SSSR count). The molecule has 0 saturated heterocycles. The molecule has 6 heteroatoms. The van der Waals surface area contributed by atoms with Crippen LogP contribution in [0.3, 0.4) is 0 Å². The molecular formula is C25H23FN4O. The predicted octanol–water partition coefficient (Wildman–Crippen LogP) is 5.61. The van der Waals surface area contributed by atoms with E-state index in [0.717, 1.165) is 10.9 Å². The number of aromatic nitrogens is 2. The van der Waals surface area contributed by atoms with Crippen LogP contribution >= 0.6 is 0 Å². The summed E-state index contributed by atoms with van der Waals surface area (Å²) in [4.78, 5) is 23.4. The van der Waals surface area contributed by atoms with E-state index in [1.54, 1.807) is 30.5 Å². The molecule has 5 nitrogen and oxygen atoms in total. The van der Waals surface area contributed by atoms with Crippen LogP contribution in [0.1, 0.15) is 35.8 Å². The van der Waals surface area contributed by atoms with Gasteiger partial charge in [0.15, 0.2) is 0 Å². The Hall–Kier alpha value is -3.80. The minimum absolute atomic E-state index is 0.0137. The van der Waals surface area contributed by atoms with Crippen molar-refractivity contribution >= 4 is 28.4 Å². The standard InChI is InChI=1S/C25H23FN4O/c1-3-30(24(31)21-14-13-19-11-7-8-12-20(19)23(21)26)22-15-16-27-25(29-22)28-17(2)18-9-5-4-6-10-18/h4-17H,3H2,1-2H3,(H,27,28,29)/t17-/m0/s1. The number of carbonyl (C=O) groups excluding carboxylic acids is 1. The minimum Gasteiger partial charge on any atom is -0.348 e. The van der Waals surface area contributed by atoms with Crippen LogP contribution in [0.25, 0.3) is 10.8 Å². The van der Waals surface area contributed by atoms with E-state index in [1.165, 1.54) is 11.0 Å². The Bertz CT molecular complexity index is 1210. The zero-order valence-corrected chi connectivity index (χ0v) is 17.4. The third-order valence-corrected chi connectivity index (χ3v) is 5.22. The third kappa shape index (κ3) is 4.23. The monoisotopic (exact) mass is 414 g/mol. The largest absolute Gasteiger partial charge is 0.348 e. The molecule has 0 aliphatic heterocycles. The van der Waals surface area contributed by atoms with E-state index >= 15 is 4.39 Å². The van der Waals surface area contributed by atoms with Gasteiger partial charge in [-0.25, -0.2) is 9.37 Å². The number of nitrogens with zero attached hydrogens (tertiary/aromatic N) is 3. The summed E-state index contributed by atoms with van der Waals surface area (Å²) >= 11 is 0. The molecule has 0 unspecified atom stereocenters. The van der Waals surface area contributed by atoms with E-state index in [4.69, 9.17) is 0 Å². The van der Waals surface area contributed by atoms with E-state index in [2.05, 4.69) is 15.3 Å². The number of fused-ring (bicyclic) bond motifs is 1. The van der Waals surface area contributed by atoms with E-state index < -0.39 is 11.7 Å². The molecule has 4 aromatic rings. The van der Waals surface area contributed by atoms with Gasteiger partial charge >= 0.3 is 0 Å². The number of anilines is 2. The fraction of sp³-hybridized carbons (Fsp3) is 0.160. The maximum atomic E-state index is 15.1. The van der Waals surface area contributed by atoms with Gasteiger partial charge in [0.05, 0.1) is 11.6 Å². The molecule has 31 heavy (non-hydrogen) atoms. The van der Waals surface area contributed by atoms with Gasteiger partial charge in [-0.1, -0.05) is 60.7 Å². The molecule has 1 N–H and O–H groups in total. The maximum Gasteiger partial charge on any atom is 0.262 e. The van der Waals surface area contributed by atoms with Gasteiger partial charge in [-0.3, -0.25) is 9.69 Å². The van der Waals surface area contributed by atoms with Gasteiger partial charge in [0, 0.05) is 18.1 Å². The topological polar surface area (TPSA) is 58.1 Å². The first-order valence-electron chi connectivity index (χ1n) is 10.2. The van der Waals surface area contributed by atoms with E-state index in [-0.39, 0.29) is 11.6 Å². The lowest BCUT2D eigenvalue weighted by Crippen LogP contribution is -2.32. The second kappa shape index (κ2) is 8.92. The normalized spacial score (nSPS) is 11.8. The molecule has 1 amide bonds. The first kappa shape index (κ1) is 20.5. The quantitative estimate of drug-likeness (QED) is 0.446. The van der Waals surface area contributed by atoms with Crippen LogP contribution in [-0.4, -0.2) is 22.4 Å². The molecule has 0 spiro atoms. The highest BCUT2D eigenvalue weighted by molar-refractivity contribution is 6.08. The van der Waals surface area contributed by atoms with Gasteiger partial charge in [-0.05, 0) is 36.9 Å². The number of carbonyl (C=O) groups is 1. The summed E-state index contributed by atoms with van der Waals surface area (Å²) in [7, 11) is 0. The number of hydrogen-bond donors (Lipinski definition) is 1. The molecule has 0 saturated carbocycles. The van der Waals surface area contributed by atoms with Crippen molar-refractivity contribution in [1.29, 1.82) is 0 Å². The molecule has 0 fully saturated rings. The van der Waals surface area contributed by atoms with Crippen molar-refractivity contribution in [2.45, 2.75) is 19.9 Å². The number of nitrogens with one attached hydrogen (secondary N) is 1. The number of rotatable bonds is 6. The van der Waals surface area contributed by atoms with Crippen LogP contribution in [-0.2, 0) is 0 Å². The van der Waals surface area contributed by atoms with E-state index in [0.29, 0.717) is 23.7 Å². The average molecular weight is 414 g/mol. The van der Waals surface area contributed by atoms with Gasteiger partial charge in [-0.15, -0.1) is 0 Å². The Labute approximate surface area is 180 Å². The number of amides is 1. The molecule has 0 radical (unpaired) electrons. The van der Waals surface area contributed by atoms with Crippen LogP contribution in [0.4, 0.5) is 16.2 Å². The number of halogens is 1. The maximum absolute atomic E-state index is 15.1. The highest BCUT2D eigenvalue weighted by Crippen LogP contribution is 2.24. The summed E-state index contributed by atoms with van der Waals surface area (Å²) in [6, 6.07) is 22.0.